The Morgan fingerprint density at radius 3 is 2.43 bits per heavy atom. The van der Waals surface area contributed by atoms with Crippen LogP contribution in [0.1, 0.15) is 54.4 Å². The minimum atomic E-state index is -1.82. The number of hydrogen-bond acceptors (Lipinski definition) is 8. The first kappa shape index (κ1) is 29.9. The Morgan fingerprint density at radius 1 is 1.16 bits per heavy atom. The van der Waals surface area contributed by atoms with Crippen molar-refractivity contribution < 1.29 is 38.6 Å². The van der Waals surface area contributed by atoms with Crippen LogP contribution in [0, 0.1) is 17.3 Å². The molecule has 0 aromatic rings. The van der Waals surface area contributed by atoms with Gasteiger partial charge in [0.1, 0.15) is 11.5 Å². The molecule has 6 atom stereocenters. The molecule has 2 aliphatic heterocycles. The number of carbonyl (C=O) groups excluding carboxylic acids is 5. The molecule has 9 nitrogen and oxygen atoms in total. The lowest BCUT2D eigenvalue weighted by Gasteiger charge is -2.42. The molecule has 0 radical (unpaired) electrons. The van der Waals surface area contributed by atoms with Crippen LogP contribution >= 0.6 is 0 Å². The molecule has 0 aromatic carbocycles. The number of aliphatic hydroxyl groups excluding tert-OH is 1. The lowest BCUT2D eigenvalue weighted by Crippen LogP contribution is -2.61. The summed E-state index contributed by atoms with van der Waals surface area (Å²) in [7, 11) is 0. The van der Waals surface area contributed by atoms with Crippen LogP contribution in [-0.2, 0) is 33.4 Å². The van der Waals surface area contributed by atoms with E-state index in [0.717, 1.165) is 12.5 Å². The first-order chi connectivity index (χ1) is 17.3. The molecule has 0 aromatic heterocycles. The second-order valence-electron chi connectivity index (χ2n) is 9.78. The van der Waals surface area contributed by atoms with Crippen molar-refractivity contribution >= 4 is 29.4 Å². The predicted molar refractivity (Wildman–Crippen MR) is 136 cm³/mol. The molecule has 202 valence electrons. The van der Waals surface area contributed by atoms with Crippen molar-refractivity contribution in [1.82, 2.24) is 5.32 Å². The molecule has 2 bridgehead atoms. The van der Waals surface area contributed by atoms with Crippen molar-refractivity contribution in [2.75, 3.05) is 6.61 Å². The molecule has 37 heavy (non-hydrogen) atoms. The van der Waals surface area contributed by atoms with Gasteiger partial charge in [0.2, 0.25) is 5.78 Å². The molecule has 3 aliphatic rings. The molecule has 0 saturated carbocycles. The normalized spacial score (nSPS) is 35.6. The van der Waals surface area contributed by atoms with Crippen molar-refractivity contribution in [1.29, 1.82) is 0 Å². The number of allylic oxidation sites excluding steroid dienone is 4. The summed E-state index contributed by atoms with van der Waals surface area (Å²) in [6, 6.07) is -1.19. The Morgan fingerprint density at radius 2 is 1.81 bits per heavy atom. The molecule has 2 heterocycles. The summed E-state index contributed by atoms with van der Waals surface area (Å²) in [5.74, 6) is -5.18. The van der Waals surface area contributed by atoms with E-state index < -0.39 is 64.9 Å². The third-order valence-electron chi connectivity index (χ3n) is 6.75. The molecule has 0 unspecified atom stereocenters. The Hall–Kier alpha value is -3.33. The zero-order valence-electron chi connectivity index (χ0n) is 22.3. The average Bonchev–Trinajstić information content (AvgIpc) is 2.84. The third kappa shape index (κ3) is 7.35. The van der Waals surface area contributed by atoms with E-state index in [1.54, 1.807) is 45.1 Å². The number of amides is 1. The van der Waals surface area contributed by atoms with Crippen molar-refractivity contribution in [3.63, 3.8) is 0 Å². The number of ketones is 2. The van der Waals surface area contributed by atoms with Crippen LogP contribution in [0.3, 0.4) is 0 Å². The number of nitrogens with one attached hydrogen (secondary N) is 1. The van der Waals surface area contributed by atoms with Gasteiger partial charge in [0, 0.05) is 13.3 Å². The Kier molecular flexibility index (Phi) is 10.3. The molecule has 0 spiro atoms. The minimum Gasteiger partial charge on any atom is -0.466 e. The van der Waals surface area contributed by atoms with Gasteiger partial charge >= 0.3 is 11.9 Å². The fraction of sp³-hybridized carbons (Fsp3) is 0.536. The highest BCUT2D eigenvalue weighted by Crippen LogP contribution is 2.38. The summed E-state index contributed by atoms with van der Waals surface area (Å²) in [5.41, 5.74) is -0.463. The second kappa shape index (κ2) is 12.8. The average molecular weight is 516 g/mol. The minimum absolute atomic E-state index is 0.0286. The molecule has 1 aliphatic carbocycles. The number of ether oxygens (including phenoxy) is 2. The van der Waals surface area contributed by atoms with E-state index in [1.165, 1.54) is 13.0 Å². The van der Waals surface area contributed by atoms with E-state index in [4.69, 9.17) is 9.47 Å². The van der Waals surface area contributed by atoms with Crippen LogP contribution < -0.4 is 5.32 Å². The Labute approximate surface area is 217 Å². The van der Waals surface area contributed by atoms with Crippen molar-refractivity contribution in [2.24, 2.45) is 17.3 Å². The van der Waals surface area contributed by atoms with Crippen molar-refractivity contribution in [3.8, 4) is 0 Å². The molecule has 1 amide bonds. The monoisotopic (exact) mass is 515 g/mol. The summed E-state index contributed by atoms with van der Waals surface area (Å²) in [4.78, 5) is 63.7. The van der Waals surface area contributed by atoms with Crippen molar-refractivity contribution in [3.05, 3.63) is 47.6 Å². The van der Waals surface area contributed by atoms with Gasteiger partial charge in [-0.2, -0.15) is 0 Å². The van der Waals surface area contributed by atoms with Crippen LogP contribution in [0.25, 0.3) is 0 Å². The highest BCUT2D eigenvalue weighted by molar-refractivity contribution is 6.35. The van der Waals surface area contributed by atoms with Crippen LogP contribution in [-0.4, -0.2) is 59.4 Å². The first-order valence-electron chi connectivity index (χ1n) is 12.4. The number of carbonyl (C=O) groups is 5. The van der Waals surface area contributed by atoms with Gasteiger partial charge in [0.05, 0.1) is 30.6 Å². The van der Waals surface area contributed by atoms with Crippen LogP contribution in [0.15, 0.2) is 47.6 Å². The maximum atomic E-state index is 13.7. The highest BCUT2D eigenvalue weighted by atomic mass is 16.6. The number of fused-ring (bicyclic) bond motifs is 10. The maximum absolute atomic E-state index is 13.7. The van der Waals surface area contributed by atoms with Crippen LogP contribution in [0.5, 0.6) is 0 Å². The van der Waals surface area contributed by atoms with Crippen LogP contribution in [0.4, 0.5) is 0 Å². The largest absolute Gasteiger partial charge is 0.466 e. The SMILES string of the molecule is CCOC(=O)[C@@H]1/C=C\C(C)=C/C[C@H](O)/C=C\C(C)=C/[C@@H](NC(=O)C(C)=O)[C@]2(C)C(=O)O[C@H](C1)[C@@H](C)C2=O. The van der Waals surface area contributed by atoms with Gasteiger partial charge in [-0.15, -0.1) is 0 Å². The van der Waals surface area contributed by atoms with E-state index in [2.05, 4.69) is 5.32 Å². The predicted octanol–water partition coefficient (Wildman–Crippen LogP) is 2.54. The summed E-state index contributed by atoms with van der Waals surface area (Å²) >= 11 is 0. The number of Topliss-reactive ketones (excluding diaryl/α,β-unsaturated/α-hetero) is 2. The summed E-state index contributed by atoms with van der Waals surface area (Å²) in [5, 5.41) is 12.9. The fourth-order valence-corrected chi connectivity index (χ4v) is 4.29. The number of rotatable bonds is 4. The third-order valence-corrected chi connectivity index (χ3v) is 6.75. The molecule has 1 fully saturated rings. The quantitative estimate of drug-likeness (QED) is 0.331. The van der Waals surface area contributed by atoms with Gasteiger partial charge in [-0.1, -0.05) is 54.5 Å². The van der Waals surface area contributed by atoms with Crippen LogP contribution in [0.2, 0.25) is 0 Å². The highest BCUT2D eigenvalue weighted by Gasteiger charge is 2.56. The zero-order chi connectivity index (χ0) is 27.9. The lowest BCUT2D eigenvalue weighted by molar-refractivity contribution is -0.182. The Bertz CT molecular complexity index is 1050. The molecular formula is C28H37NO8. The molecular weight excluding hydrogens is 478 g/mol. The van der Waals surface area contributed by atoms with Gasteiger partial charge in [0.15, 0.2) is 5.78 Å². The van der Waals surface area contributed by atoms with Gasteiger partial charge < -0.3 is 19.9 Å². The van der Waals surface area contributed by atoms with Gasteiger partial charge in [-0.3, -0.25) is 24.0 Å². The van der Waals surface area contributed by atoms with Gasteiger partial charge in [-0.05, 0) is 34.1 Å². The van der Waals surface area contributed by atoms with E-state index in [1.807, 2.05) is 13.0 Å². The van der Waals surface area contributed by atoms with E-state index in [-0.39, 0.29) is 13.0 Å². The molecule has 9 heteroatoms. The standard InChI is InChI=1S/C28H37NO8/c1-7-36-26(34)20-11-8-16(2)9-12-21(31)13-10-17(3)14-23(29-25(33)19(5)30)28(6)24(32)18(4)22(15-20)37-27(28)35/h8-11,13-14,18,20-23,31H,7,12,15H2,1-6H3,(H,29,33)/b11-8-,13-10-,16-9-,17-14-/t18-,20-,21+,22-,23-,28+/m1/s1. The number of aliphatic hydroxyl groups is 1. The first-order valence-corrected chi connectivity index (χ1v) is 12.4. The maximum Gasteiger partial charge on any atom is 0.322 e. The molecule has 3 rings (SSSR count). The fourth-order valence-electron chi connectivity index (χ4n) is 4.29. The number of hydrogen-bond donors (Lipinski definition) is 2. The number of esters is 2. The smallest absolute Gasteiger partial charge is 0.322 e. The van der Waals surface area contributed by atoms with E-state index >= 15 is 0 Å². The zero-order valence-corrected chi connectivity index (χ0v) is 22.3. The molecule has 2 N–H and O–H groups in total. The van der Waals surface area contributed by atoms with Gasteiger partial charge in [-0.25, -0.2) is 0 Å². The molecule has 1 saturated heterocycles. The van der Waals surface area contributed by atoms with E-state index in [0.29, 0.717) is 12.0 Å². The summed E-state index contributed by atoms with van der Waals surface area (Å²) in [6.45, 7) is 9.43. The van der Waals surface area contributed by atoms with Gasteiger partial charge in [0.25, 0.3) is 5.91 Å². The summed E-state index contributed by atoms with van der Waals surface area (Å²) < 4.78 is 10.9. The Balaban J connectivity index is 2.62. The second-order valence-corrected chi connectivity index (χ2v) is 9.78. The van der Waals surface area contributed by atoms with Crippen molar-refractivity contribution in [2.45, 2.75) is 72.6 Å². The summed E-state index contributed by atoms with van der Waals surface area (Å²) in [6.07, 6.45) is 8.46. The topological polar surface area (TPSA) is 136 Å². The lowest BCUT2D eigenvalue weighted by atomic mass is 9.69. The van der Waals surface area contributed by atoms with E-state index in [9.17, 15) is 29.1 Å².